The first-order chi connectivity index (χ1) is 9.99. The Labute approximate surface area is 121 Å². The van der Waals surface area contributed by atoms with Crippen LogP contribution in [0.2, 0.25) is 0 Å². The van der Waals surface area contributed by atoms with E-state index in [9.17, 15) is 9.59 Å². The van der Waals surface area contributed by atoms with E-state index in [0.717, 1.165) is 0 Å². The molecule has 1 heterocycles. The van der Waals surface area contributed by atoms with Gasteiger partial charge >= 0.3 is 5.97 Å². The van der Waals surface area contributed by atoms with Gasteiger partial charge in [0.2, 0.25) is 0 Å². The van der Waals surface area contributed by atoms with Crippen LogP contribution in [0, 0.1) is 6.92 Å². The molecule has 6 nitrogen and oxygen atoms in total. The molecule has 0 radical (unpaired) electrons. The highest BCUT2D eigenvalue weighted by atomic mass is 16.5. The molecule has 0 bridgehead atoms. The number of carbonyl (C=O) groups excluding carboxylic acids is 1. The molecule has 0 saturated heterocycles. The van der Waals surface area contributed by atoms with Gasteiger partial charge in [0.1, 0.15) is 12.4 Å². The number of aromatic carboxylic acids is 1. The zero-order valence-electron chi connectivity index (χ0n) is 11.7. The van der Waals surface area contributed by atoms with E-state index in [1.165, 1.54) is 13.1 Å². The number of carboxylic acid groups (broad SMARTS) is 1. The van der Waals surface area contributed by atoms with Crippen LogP contribution < -0.4 is 4.74 Å². The number of para-hydroxylation sites is 1. The molecule has 21 heavy (non-hydrogen) atoms. The lowest BCUT2D eigenvalue weighted by atomic mass is 10.1. The SMILES string of the molecule is CC(=O)c1ccccc1OCc1ncc(C(=O)O)c(C)n1. The van der Waals surface area contributed by atoms with Gasteiger partial charge in [-0.05, 0) is 26.0 Å². The van der Waals surface area contributed by atoms with Crippen molar-refractivity contribution >= 4 is 11.8 Å². The average Bonchev–Trinajstić information content (AvgIpc) is 2.45. The summed E-state index contributed by atoms with van der Waals surface area (Å²) in [5.41, 5.74) is 0.912. The van der Waals surface area contributed by atoms with Gasteiger partial charge in [-0.15, -0.1) is 0 Å². The number of carbonyl (C=O) groups is 2. The largest absolute Gasteiger partial charge is 0.485 e. The first kappa shape index (κ1) is 14.6. The zero-order chi connectivity index (χ0) is 15.4. The number of nitrogens with zero attached hydrogens (tertiary/aromatic N) is 2. The number of rotatable bonds is 5. The molecule has 0 amide bonds. The smallest absolute Gasteiger partial charge is 0.339 e. The maximum absolute atomic E-state index is 11.5. The Balaban J connectivity index is 2.16. The Morgan fingerprint density at radius 1 is 1.24 bits per heavy atom. The molecule has 2 aromatic rings. The highest BCUT2D eigenvalue weighted by Crippen LogP contribution is 2.19. The Bertz CT molecular complexity index is 698. The second-order valence-corrected chi connectivity index (χ2v) is 4.43. The lowest BCUT2D eigenvalue weighted by molar-refractivity contribution is 0.0694. The van der Waals surface area contributed by atoms with Crippen molar-refractivity contribution in [2.24, 2.45) is 0 Å². The van der Waals surface area contributed by atoms with E-state index >= 15 is 0 Å². The molecule has 0 aliphatic rings. The number of ketones is 1. The van der Waals surface area contributed by atoms with Crippen LogP contribution in [0.25, 0.3) is 0 Å². The predicted octanol–water partition coefficient (Wildman–Crippen LogP) is 2.26. The summed E-state index contributed by atoms with van der Waals surface area (Å²) in [5.74, 6) is -0.352. The van der Waals surface area contributed by atoms with Crippen molar-refractivity contribution in [1.29, 1.82) is 0 Å². The summed E-state index contributed by atoms with van der Waals surface area (Å²) in [5, 5.41) is 8.91. The summed E-state index contributed by atoms with van der Waals surface area (Å²) < 4.78 is 5.55. The quantitative estimate of drug-likeness (QED) is 0.848. The minimum atomic E-state index is -1.07. The minimum absolute atomic E-state index is 0.0582. The molecule has 0 unspecified atom stereocenters. The molecule has 0 aliphatic heterocycles. The Hall–Kier alpha value is -2.76. The van der Waals surface area contributed by atoms with Crippen molar-refractivity contribution in [3.05, 3.63) is 53.1 Å². The van der Waals surface area contributed by atoms with Crippen LogP contribution in [-0.2, 0) is 6.61 Å². The summed E-state index contributed by atoms with van der Waals surface area (Å²) in [7, 11) is 0. The van der Waals surface area contributed by atoms with Crippen LogP contribution in [0.1, 0.15) is 39.2 Å². The molecule has 0 fully saturated rings. The third-order valence-electron chi connectivity index (χ3n) is 2.88. The van der Waals surface area contributed by atoms with Crippen molar-refractivity contribution in [2.75, 3.05) is 0 Å². The second-order valence-electron chi connectivity index (χ2n) is 4.43. The molecule has 6 heteroatoms. The number of Topliss-reactive ketones (excluding diaryl/α,β-unsaturated/α-hetero) is 1. The summed E-state index contributed by atoms with van der Waals surface area (Å²) in [6, 6.07) is 6.89. The fraction of sp³-hybridized carbons (Fsp3) is 0.200. The van der Waals surface area contributed by atoms with E-state index in [0.29, 0.717) is 22.8 Å². The fourth-order valence-corrected chi connectivity index (χ4v) is 1.82. The molecule has 1 aromatic carbocycles. The third kappa shape index (κ3) is 3.42. The monoisotopic (exact) mass is 286 g/mol. The number of ether oxygens (including phenoxy) is 1. The highest BCUT2D eigenvalue weighted by molar-refractivity contribution is 5.96. The Morgan fingerprint density at radius 2 is 1.95 bits per heavy atom. The van der Waals surface area contributed by atoms with E-state index in [4.69, 9.17) is 9.84 Å². The van der Waals surface area contributed by atoms with Crippen molar-refractivity contribution in [2.45, 2.75) is 20.5 Å². The molecule has 0 aliphatic carbocycles. The molecule has 1 aromatic heterocycles. The molecule has 108 valence electrons. The van der Waals surface area contributed by atoms with Crippen molar-refractivity contribution in [3.63, 3.8) is 0 Å². The standard InChI is InChI=1S/C15H14N2O4/c1-9-12(15(19)20)7-16-14(17-9)8-21-13-6-4-3-5-11(13)10(2)18/h3-7H,8H2,1-2H3,(H,19,20). The maximum Gasteiger partial charge on any atom is 0.339 e. The van der Waals surface area contributed by atoms with Crippen LogP contribution in [0.5, 0.6) is 5.75 Å². The Kier molecular flexibility index (Phi) is 4.27. The van der Waals surface area contributed by atoms with Gasteiger partial charge in [-0.3, -0.25) is 4.79 Å². The minimum Gasteiger partial charge on any atom is -0.485 e. The Morgan fingerprint density at radius 3 is 2.57 bits per heavy atom. The highest BCUT2D eigenvalue weighted by Gasteiger charge is 2.11. The van der Waals surface area contributed by atoms with Crippen LogP contribution in [-0.4, -0.2) is 26.8 Å². The number of hydrogen-bond acceptors (Lipinski definition) is 5. The lowest BCUT2D eigenvalue weighted by Gasteiger charge is -2.09. The lowest BCUT2D eigenvalue weighted by Crippen LogP contribution is -2.09. The molecule has 0 spiro atoms. The first-order valence-electron chi connectivity index (χ1n) is 6.27. The number of aromatic nitrogens is 2. The molecule has 2 rings (SSSR count). The summed E-state index contributed by atoms with van der Waals surface area (Å²) in [6.07, 6.45) is 1.25. The zero-order valence-corrected chi connectivity index (χ0v) is 11.7. The van der Waals surface area contributed by atoms with Crippen molar-refractivity contribution in [3.8, 4) is 5.75 Å². The topological polar surface area (TPSA) is 89.4 Å². The van der Waals surface area contributed by atoms with Gasteiger partial charge in [0.15, 0.2) is 11.6 Å². The molecule has 0 saturated carbocycles. The van der Waals surface area contributed by atoms with Gasteiger partial charge < -0.3 is 9.84 Å². The van der Waals surface area contributed by atoms with E-state index in [2.05, 4.69) is 9.97 Å². The van der Waals surface area contributed by atoms with Crippen LogP contribution in [0.3, 0.4) is 0 Å². The molecular weight excluding hydrogens is 272 g/mol. The average molecular weight is 286 g/mol. The van der Waals surface area contributed by atoms with Gasteiger partial charge in [0.25, 0.3) is 0 Å². The summed E-state index contributed by atoms with van der Waals surface area (Å²) >= 11 is 0. The first-order valence-corrected chi connectivity index (χ1v) is 6.27. The van der Waals surface area contributed by atoms with E-state index in [1.807, 2.05) is 0 Å². The fourth-order valence-electron chi connectivity index (χ4n) is 1.82. The summed E-state index contributed by atoms with van der Waals surface area (Å²) in [6.45, 7) is 3.12. The number of hydrogen-bond donors (Lipinski definition) is 1. The number of aryl methyl sites for hydroxylation is 1. The van der Waals surface area contributed by atoms with Crippen molar-refractivity contribution < 1.29 is 19.4 Å². The van der Waals surface area contributed by atoms with E-state index < -0.39 is 5.97 Å². The molecular formula is C15H14N2O4. The van der Waals surface area contributed by atoms with Gasteiger partial charge in [-0.25, -0.2) is 14.8 Å². The van der Waals surface area contributed by atoms with Gasteiger partial charge in [-0.2, -0.15) is 0 Å². The normalized spacial score (nSPS) is 10.2. The number of benzene rings is 1. The summed E-state index contributed by atoms with van der Waals surface area (Å²) in [4.78, 5) is 30.4. The van der Waals surface area contributed by atoms with Gasteiger partial charge in [0, 0.05) is 6.20 Å². The van der Waals surface area contributed by atoms with Crippen LogP contribution >= 0.6 is 0 Å². The van der Waals surface area contributed by atoms with E-state index in [1.54, 1.807) is 31.2 Å². The van der Waals surface area contributed by atoms with Crippen LogP contribution in [0.15, 0.2) is 30.5 Å². The predicted molar refractivity (Wildman–Crippen MR) is 74.5 cm³/mol. The van der Waals surface area contributed by atoms with Gasteiger partial charge in [-0.1, -0.05) is 12.1 Å². The van der Waals surface area contributed by atoms with Crippen LogP contribution in [0.4, 0.5) is 0 Å². The third-order valence-corrected chi connectivity index (χ3v) is 2.88. The molecule has 0 atom stereocenters. The second kappa shape index (κ2) is 6.13. The molecule has 1 N–H and O–H groups in total. The maximum atomic E-state index is 11.5. The van der Waals surface area contributed by atoms with Gasteiger partial charge in [0.05, 0.1) is 16.8 Å². The van der Waals surface area contributed by atoms with Crippen molar-refractivity contribution in [1.82, 2.24) is 9.97 Å². The van der Waals surface area contributed by atoms with E-state index in [-0.39, 0.29) is 18.0 Å². The number of carboxylic acids is 1.